The SMILES string of the molecule is CCC(C)CCCCCCCCCCCCCCCCCCCCC(=O)O[C@H](COC(=O)CCCCCCCCC(C)CC)COP(=O)(O)OCC(O)COP(=O)(O)OC[C@@H](COC(=O)CCCCCCCCC(C)CC)OC(=O)CCCCCCCCCCCCCCCCCCCCC(C)CC. The molecule has 0 spiro atoms. The number of unbranched alkanes of at least 4 members (excludes halogenated alkanes) is 44. The third-order valence-electron chi connectivity index (χ3n) is 21.3. The van der Waals surface area contributed by atoms with Gasteiger partial charge >= 0.3 is 39.5 Å². The molecular weight excluding hydrogens is 1350 g/mol. The number of carbonyl (C=O) groups excluding carboxylic acids is 4. The molecule has 0 aliphatic heterocycles. The number of esters is 4. The quantitative estimate of drug-likeness (QED) is 0.0222. The summed E-state index contributed by atoms with van der Waals surface area (Å²) >= 11 is 0. The maximum atomic E-state index is 13.1. The van der Waals surface area contributed by atoms with E-state index in [1.165, 1.54) is 231 Å². The molecule has 0 aromatic heterocycles. The van der Waals surface area contributed by atoms with E-state index in [1.807, 2.05) is 0 Å². The van der Waals surface area contributed by atoms with Crippen molar-refractivity contribution in [1.29, 1.82) is 0 Å². The Bertz CT molecular complexity index is 1890. The molecule has 104 heavy (non-hydrogen) atoms. The predicted octanol–water partition coefficient (Wildman–Crippen LogP) is 25.6. The zero-order valence-electron chi connectivity index (χ0n) is 68.7. The molecule has 0 radical (unpaired) electrons. The molecule has 0 amide bonds. The maximum absolute atomic E-state index is 13.1. The lowest BCUT2D eigenvalue weighted by molar-refractivity contribution is -0.161. The highest BCUT2D eigenvalue weighted by molar-refractivity contribution is 7.47. The zero-order valence-corrected chi connectivity index (χ0v) is 70.5. The smallest absolute Gasteiger partial charge is 0.462 e. The average molecular weight is 1520 g/mol. The van der Waals surface area contributed by atoms with Gasteiger partial charge in [0.2, 0.25) is 0 Å². The molecule has 0 rings (SSSR count). The van der Waals surface area contributed by atoms with Crippen molar-refractivity contribution in [3.8, 4) is 0 Å². The fourth-order valence-corrected chi connectivity index (χ4v) is 14.6. The first kappa shape index (κ1) is 102. The van der Waals surface area contributed by atoms with Crippen LogP contribution in [0.5, 0.6) is 0 Å². The molecule has 618 valence electrons. The van der Waals surface area contributed by atoms with Gasteiger partial charge in [0.05, 0.1) is 26.4 Å². The van der Waals surface area contributed by atoms with Crippen molar-refractivity contribution in [2.75, 3.05) is 39.6 Å². The van der Waals surface area contributed by atoms with Gasteiger partial charge in [0, 0.05) is 25.7 Å². The topological polar surface area (TPSA) is 237 Å². The summed E-state index contributed by atoms with van der Waals surface area (Å²) in [6.45, 7) is 14.3. The molecule has 3 N–H and O–H groups in total. The van der Waals surface area contributed by atoms with Gasteiger partial charge < -0.3 is 33.8 Å². The molecule has 17 nitrogen and oxygen atoms in total. The average Bonchev–Trinajstić information content (AvgIpc) is 0.905. The molecule has 8 atom stereocenters. The van der Waals surface area contributed by atoms with E-state index in [4.69, 9.17) is 37.0 Å². The molecule has 0 heterocycles. The second kappa shape index (κ2) is 73.8. The Morgan fingerprint density at radius 1 is 0.260 bits per heavy atom. The van der Waals surface area contributed by atoms with Crippen molar-refractivity contribution in [2.45, 2.75) is 459 Å². The van der Waals surface area contributed by atoms with Gasteiger partial charge in [-0.15, -0.1) is 0 Å². The summed E-state index contributed by atoms with van der Waals surface area (Å²) in [6.07, 6.45) is 62.7. The van der Waals surface area contributed by atoms with Gasteiger partial charge in [-0.05, 0) is 49.4 Å². The Morgan fingerprint density at radius 2 is 0.433 bits per heavy atom. The second-order valence-electron chi connectivity index (χ2n) is 31.5. The number of aliphatic hydroxyl groups is 1. The largest absolute Gasteiger partial charge is 0.472 e. The van der Waals surface area contributed by atoms with E-state index in [1.54, 1.807) is 0 Å². The first-order chi connectivity index (χ1) is 50.2. The van der Waals surface area contributed by atoms with Crippen molar-refractivity contribution >= 4 is 39.5 Å². The highest BCUT2D eigenvalue weighted by Crippen LogP contribution is 2.45. The third kappa shape index (κ3) is 72.9. The summed E-state index contributed by atoms with van der Waals surface area (Å²) in [5.74, 6) is 1.09. The lowest BCUT2D eigenvalue weighted by Gasteiger charge is -2.21. The highest BCUT2D eigenvalue weighted by Gasteiger charge is 2.31. The molecule has 0 bridgehead atoms. The van der Waals surface area contributed by atoms with E-state index in [2.05, 4.69) is 55.4 Å². The van der Waals surface area contributed by atoms with Crippen LogP contribution in [0.4, 0.5) is 0 Å². The number of ether oxygens (including phenoxy) is 4. The molecular formula is C85H166O17P2. The molecule has 0 aliphatic rings. The van der Waals surface area contributed by atoms with Gasteiger partial charge in [0.25, 0.3) is 0 Å². The Hall–Kier alpha value is -1.94. The van der Waals surface area contributed by atoms with Crippen molar-refractivity contribution < 1.29 is 80.2 Å². The molecule has 6 unspecified atom stereocenters. The van der Waals surface area contributed by atoms with E-state index in [-0.39, 0.29) is 25.7 Å². The van der Waals surface area contributed by atoms with E-state index >= 15 is 0 Å². The molecule has 0 saturated heterocycles. The first-order valence-electron chi connectivity index (χ1n) is 43.9. The predicted molar refractivity (Wildman–Crippen MR) is 428 cm³/mol. The van der Waals surface area contributed by atoms with E-state index in [0.717, 1.165) is 126 Å². The van der Waals surface area contributed by atoms with Gasteiger partial charge in [-0.3, -0.25) is 37.3 Å². The minimum absolute atomic E-state index is 0.107. The summed E-state index contributed by atoms with van der Waals surface area (Å²) in [4.78, 5) is 73.1. The van der Waals surface area contributed by atoms with Gasteiger partial charge in [0.15, 0.2) is 12.2 Å². The monoisotopic (exact) mass is 1520 g/mol. The van der Waals surface area contributed by atoms with Crippen LogP contribution in [0.3, 0.4) is 0 Å². The lowest BCUT2D eigenvalue weighted by Crippen LogP contribution is -2.30. The fraction of sp³-hybridized carbons (Fsp3) is 0.953. The fourth-order valence-electron chi connectivity index (χ4n) is 13.0. The van der Waals surface area contributed by atoms with Gasteiger partial charge in [-0.25, -0.2) is 9.13 Å². The number of phosphoric ester groups is 2. The highest BCUT2D eigenvalue weighted by atomic mass is 31.2. The van der Waals surface area contributed by atoms with Crippen molar-refractivity contribution in [2.24, 2.45) is 23.7 Å². The van der Waals surface area contributed by atoms with Gasteiger partial charge in [0.1, 0.15) is 19.3 Å². The second-order valence-corrected chi connectivity index (χ2v) is 34.4. The summed E-state index contributed by atoms with van der Waals surface area (Å²) in [7, 11) is -9.93. The van der Waals surface area contributed by atoms with Crippen LogP contribution >= 0.6 is 15.6 Å². The Morgan fingerprint density at radius 3 is 0.635 bits per heavy atom. The van der Waals surface area contributed by atoms with Crippen LogP contribution in [0.15, 0.2) is 0 Å². The van der Waals surface area contributed by atoms with Crippen LogP contribution in [-0.2, 0) is 65.4 Å². The Balaban J connectivity index is 5.13. The van der Waals surface area contributed by atoms with Crippen molar-refractivity contribution in [3.63, 3.8) is 0 Å². The normalized spacial score (nSPS) is 15.0. The molecule has 0 aromatic rings. The number of hydrogen-bond donors (Lipinski definition) is 3. The number of rotatable bonds is 82. The van der Waals surface area contributed by atoms with Crippen LogP contribution < -0.4 is 0 Å². The molecule has 0 aromatic carbocycles. The lowest BCUT2D eigenvalue weighted by atomic mass is 9.99. The van der Waals surface area contributed by atoms with E-state index in [0.29, 0.717) is 25.7 Å². The van der Waals surface area contributed by atoms with E-state index < -0.39 is 97.5 Å². The summed E-state index contributed by atoms with van der Waals surface area (Å²) in [5, 5.41) is 10.7. The molecule has 0 fully saturated rings. The van der Waals surface area contributed by atoms with Crippen LogP contribution in [-0.4, -0.2) is 96.7 Å². The van der Waals surface area contributed by atoms with Crippen LogP contribution in [0.2, 0.25) is 0 Å². The van der Waals surface area contributed by atoms with Crippen LogP contribution in [0.1, 0.15) is 441 Å². The van der Waals surface area contributed by atoms with Crippen LogP contribution in [0.25, 0.3) is 0 Å². The van der Waals surface area contributed by atoms with E-state index in [9.17, 15) is 43.2 Å². The standard InChI is InChI=1S/C85H166O17P2/c1-9-75(5)61-53-45-37-33-29-25-21-17-13-15-19-23-27-31-35-39-51-59-67-84(89)101-80(71-95-82(87)65-57-49-43-41-47-55-63-77(7)11-3)73-99-103(91,92)97-69-79(86)70-98-104(93,94)100-74-81(72-96-83(88)66-58-50-44-42-48-56-64-78(8)12-4)102-85(90)68-60-52-40-36-32-28-24-20-16-14-18-22-26-30-34-38-46-54-62-76(6)10-2/h75-81,86H,9-74H2,1-8H3,(H,91,92)(H,93,94)/t75?,76?,77?,78?,79?,80-,81-/m1/s1. The minimum Gasteiger partial charge on any atom is -0.462 e. The number of phosphoric acid groups is 2. The zero-order chi connectivity index (χ0) is 76.7. The molecule has 0 aliphatic carbocycles. The number of carbonyl (C=O) groups is 4. The molecule has 0 saturated carbocycles. The van der Waals surface area contributed by atoms with Gasteiger partial charge in [-0.2, -0.15) is 0 Å². The Labute approximate surface area is 638 Å². The van der Waals surface area contributed by atoms with Crippen molar-refractivity contribution in [1.82, 2.24) is 0 Å². The van der Waals surface area contributed by atoms with Crippen LogP contribution in [0, 0.1) is 23.7 Å². The molecule has 19 heteroatoms. The van der Waals surface area contributed by atoms with Gasteiger partial charge in [-0.1, -0.05) is 389 Å². The first-order valence-corrected chi connectivity index (χ1v) is 46.8. The Kier molecular flexibility index (Phi) is 72.5. The summed E-state index contributed by atoms with van der Waals surface area (Å²) in [5.41, 5.74) is 0. The van der Waals surface area contributed by atoms with Crippen molar-refractivity contribution in [3.05, 3.63) is 0 Å². The number of aliphatic hydroxyl groups excluding tert-OH is 1. The summed E-state index contributed by atoms with van der Waals surface area (Å²) in [6, 6.07) is 0. The number of hydrogen-bond acceptors (Lipinski definition) is 15. The minimum atomic E-state index is -4.96. The maximum Gasteiger partial charge on any atom is 0.472 e. The third-order valence-corrected chi connectivity index (χ3v) is 23.2. The summed E-state index contributed by atoms with van der Waals surface area (Å²) < 4.78 is 68.8.